The van der Waals surface area contributed by atoms with E-state index in [4.69, 9.17) is 9.47 Å². The van der Waals surface area contributed by atoms with Crippen LogP contribution >= 0.6 is 11.3 Å². The van der Waals surface area contributed by atoms with Gasteiger partial charge in [0.1, 0.15) is 4.21 Å². The van der Waals surface area contributed by atoms with Crippen LogP contribution in [0.15, 0.2) is 40.6 Å². The summed E-state index contributed by atoms with van der Waals surface area (Å²) < 4.78 is 38.5. The molecule has 1 aromatic heterocycles. The van der Waals surface area contributed by atoms with Gasteiger partial charge in [0.25, 0.3) is 10.0 Å². The standard InChI is InChI=1S/C22H28N2O5S2/c1-4-28-19-9-7-18(16-20(19)29-5-2)8-10-21(25)23-12-14-24(15-13-23)31(26,27)22-11-6-17(3)30-22/h6-11,16H,4-5,12-15H2,1-3H3/b10-8+. The molecule has 1 amide bonds. The summed E-state index contributed by atoms with van der Waals surface area (Å²) >= 11 is 1.27. The van der Waals surface area contributed by atoms with E-state index in [0.29, 0.717) is 42.0 Å². The fourth-order valence-corrected chi connectivity index (χ4v) is 6.13. The van der Waals surface area contributed by atoms with Crippen LogP contribution in [0.3, 0.4) is 0 Å². The van der Waals surface area contributed by atoms with Crippen LogP contribution in [0.2, 0.25) is 0 Å². The highest BCUT2D eigenvalue weighted by atomic mass is 32.2. The Labute approximate surface area is 187 Å². The normalized spacial score (nSPS) is 15.4. The lowest BCUT2D eigenvalue weighted by molar-refractivity contribution is -0.127. The molecule has 3 rings (SSSR count). The lowest BCUT2D eigenvalue weighted by atomic mass is 10.2. The van der Waals surface area contributed by atoms with E-state index in [2.05, 4.69) is 0 Å². The van der Waals surface area contributed by atoms with Crippen molar-refractivity contribution in [2.24, 2.45) is 0 Å². The summed E-state index contributed by atoms with van der Waals surface area (Å²) in [7, 11) is -3.49. The van der Waals surface area contributed by atoms with Gasteiger partial charge >= 0.3 is 0 Å². The van der Waals surface area contributed by atoms with E-state index in [1.54, 1.807) is 23.1 Å². The maximum atomic E-state index is 12.7. The van der Waals surface area contributed by atoms with Crippen LogP contribution in [0, 0.1) is 6.92 Å². The van der Waals surface area contributed by atoms with Crippen LogP contribution in [0.1, 0.15) is 24.3 Å². The van der Waals surface area contributed by atoms with E-state index in [-0.39, 0.29) is 19.0 Å². The highest BCUT2D eigenvalue weighted by Crippen LogP contribution is 2.29. The fourth-order valence-electron chi connectivity index (χ4n) is 3.27. The molecule has 0 unspecified atom stereocenters. The van der Waals surface area contributed by atoms with Crippen molar-refractivity contribution in [2.45, 2.75) is 25.0 Å². The first-order valence-electron chi connectivity index (χ1n) is 10.3. The minimum atomic E-state index is -3.49. The van der Waals surface area contributed by atoms with E-state index in [1.807, 2.05) is 39.0 Å². The van der Waals surface area contributed by atoms with Crippen molar-refractivity contribution in [3.8, 4) is 11.5 Å². The van der Waals surface area contributed by atoms with Gasteiger partial charge in [0.2, 0.25) is 5.91 Å². The molecule has 7 nitrogen and oxygen atoms in total. The number of sulfonamides is 1. The van der Waals surface area contributed by atoms with Crippen LogP contribution in [-0.4, -0.2) is 62.9 Å². The zero-order valence-electron chi connectivity index (χ0n) is 18.0. The number of piperazine rings is 1. The molecule has 2 heterocycles. The summed E-state index contributed by atoms with van der Waals surface area (Å²) in [6, 6.07) is 8.98. The molecular weight excluding hydrogens is 436 g/mol. The summed E-state index contributed by atoms with van der Waals surface area (Å²) in [5, 5.41) is 0. The number of nitrogens with zero attached hydrogens (tertiary/aromatic N) is 2. The molecule has 0 N–H and O–H groups in total. The largest absolute Gasteiger partial charge is 0.490 e. The molecule has 0 saturated carbocycles. The molecule has 0 aliphatic carbocycles. The molecule has 1 aliphatic rings. The average Bonchev–Trinajstić information content (AvgIpc) is 3.21. The quantitative estimate of drug-likeness (QED) is 0.560. The first-order chi connectivity index (χ1) is 14.8. The number of rotatable bonds is 8. The van der Waals surface area contributed by atoms with Gasteiger partial charge in [-0.15, -0.1) is 11.3 Å². The number of carbonyl (C=O) groups excluding carboxylic acids is 1. The minimum absolute atomic E-state index is 0.143. The van der Waals surface area contributed by atoms with Crippen LogP contribution in [0.4, 0.5) is 0 Å². The van der Waals surface area contributed by atoms with Crippen molar-refractivity contribution < 1.29 is 22.7 Å². The number of hydrogen-bond acceptors (Lipinski definition) is 6. The third-order valence-electron chi connectivity index (χ3n) is 4.85. The number of amides is 1. The Hall–Kier alpha value is -2.36. The van der Waals surface area contributed by atoms with Crippen LogP contribution in [0.5, 0.6) is 11.5 Å². The molecule has 0 atom stereocenters. The smallest absolute Gasteiger partial charge is 0.252 e. The Morgan fingerprint density at radius 1 is 1.03 bits per heavy atom. The van der Waals surface area contributed by atoms with Gasteiger partial charge in [-0.2, -0.15) is 4.31 Å². The summed E-state index contributed by atoms with van der Waals surface area (Å²) in [5.41, 5.74) is 0.828. The average molecular weight is 465 g/mol. The number of benzene rings is 1. The van der Waals surface area contributed by atoms with Crippen molar-refractivity contribution in [3.63, 3.8) is 0 Å². The van der Waals surface area contributed by atoms with Crippen LogP contribution < -0.4 is 9.47 Å². The van der Waals surface area contributed by atoms with E-state index in [9.17, 15) is 13.2 Å². The Balaban J connectivity index is 1.61. The molecule has 168 valence electrons. The SMILES string of the molecule is CCOc1ccc(/C=C/C(=O)N2CCN(S(=O)(=O)c3ccc(C)s3)CC2)cc1OCC. The molecule has 1 aliphatic heterocycles. The van der Waals surface area contributed by atoms with Crippen molar-refractivity contribution >= 4 is 33.3 Å². The Morgan fingerprint density at radius 3 is 2.32 bits per heavy atom. The van der Waals surface area contributed by atoms with Crippen LogP contribution in [0.25, 0.3) is 6.08 Å². The first-order valence-corrected chi connectivity index (χ1v) is 12.5. The zero-order valence-corrected chi connectivity index (χ0v) is 19.7. The zero-order chi connectivity index (χ0) is 22.4. The predicted octanol–water partition coefficient (Wildman–Crippen LogP) is 3.40. The van der Waals surface area contributed by atoms with E-state index in [0.717, 1.165) is 10.4 Å². The highest BCUT2D eigenvalue weighted by molar-refractivity contribution is 7.91. The number of carbonyl (C=O) groups is 1. The number of aryl methyl sites for hydroxylation is 1. The second-order valence-electron chi connectivity index (χ2n) is 7.00. The maximum Gasteiger partial charge on any atom is 0.252 e. The molecule has 1 aromatic carbocycles. The molecule has 0 radical (unpaired) electrons. The monoisotopic (exact) mass is 464 g/mol. The van der Waals surface area contributed by atoms with E-state index < -0.39 is 10.0 Å². The van der Waals surface area contributed by atoms with E-state index >= 15 is 0 Å². The Morgan fingerprint density at radius 2 is 1.71 bits per heavy atom. The Bertz CT molecular complexity index is 1040. The molecule has 31 heavy (non-hydrogen) atoms. The summed E-state index contributed by atoms with van der Waals surface area (Å²) in [4.78, 5) is 15.2. The third-order valence-corrected chi connectivity index (χ3v) is 8.21. The van der Waals surface area contributed by atoms with Gasteiger partial charge in [-0.25, -0.2) is 8.42 Å². The van der Waals surface area contributed by atoms with E-state index in [1.165, 1.54) is 21.7 Å². The fraction of sp³-hybridized carbons (Fsp3) is 0.409. The second kappa shape index (κ2) is 10.3. The highest BCUT2D eigenvalue weighted by Gasteiger charge is 2.30. The van der Waals surface area contributed by atoms with Crippen molar-refractivity contribution in [3.05, 3.63) is 46.8 Å². The van der Waals surface area contributed by atoms with Crippen molar-refractivity contribution in [1.82, 2.24) is 9.21 Å². The van der Waals surface area contributed by atoms with Gasteiger partial charge < -0.3 is 14.4 Å². The molecule has 2 aromatic rings. The van der Waals surface area contributed by atoms with Crippen molar-refractivity contribution in [2.75, 3.05) is 39.4 Å². The van der Waals surface area contributed by atoms with Gasteiger partial charge in [-0.05, 0) is 56.7 Å². The molecule has 0 spiro atoms. The van der Waals surface area contributed by atoms with Gasteiger partial charge in [-0.1, -0.05) is 6.07 Å². The molecule has 0 bridgehead atoms. The number of hydrogen-bond donors (Lipinski definition) is 0. The van der Waals surface area contributed by atoms with Gasteiger partial charge in [0.05, 0.1) is 13.2 Å². The van der Waals surface area contributed by atoms with Gasteiger partial charge in [-0.3, -0.25) is 4.79 Å². The Kier molecular flexibility index (Phi) is 7.74. The lowest BCUT2D eigenvalue weighted by Gasteiger charge is -2.33. The molecular formula is C22H28N2O5S2. The number of thiophene rings is 1. The first kappa shape index (κ1) is 23.3. The van der Waals surface area contributed by atoms with Gasteiger partial charge in [0.15, 0.2) is 11.5 Å². The molecule has 9 heteroatoms. The summed E-state index contributed by atoms with van der Waals surface area (Å²) in [6.07, 6.45) is 3.25. The lowest BCUT2D eigenvalue weighted by Crippen LogP contribution is -2.50. The third kappa shape index (κ3) is 5.66. The van der Waals surface area contributed by atoms with Crippen LogP contribution in [-0.2, 0) is 14.8 Å². The topological polar surface area (TPSA) is 76.2 Å². The molecule has 1 saturated heterocycles. The number of ether oxygens (including phenoxy) is 2. The summed E-state index contributed by atoms with van der Waals surface area (Å²) in [6.45, 7) is 8.06. The predicted molar refractivity (Wildman–Crippen MR) is 122 cm³/mol. The van der Waals surface area contributed by atoms with Gasteiger partial charge in [0, 0.05) is 37.1 Å². The minimum Gasteiger partial charge on any atom is -0.490 e. The second-order valence-corrected chi connectivity index (χ2v) is 10.5. The van der Waals surface area contributed by atoms with Crippen molar-refractivity contribution in [1.29, 1.82) is 0 Å². The maximum absolute atomic E-state index is 12.7. The molecule has 1 fully saturated rings. The summed E-state index contributed by atoms with van der Waals surface area (Å²) in [5.74, 6) is 1.17.